The van der Waals surface area contributed by atoms with Gasteiger partial charge in [0.1, 0.15) is 0 Å². The third kappa shape index (κ3) is 2.15. The fraction of sp³-hybridized carbons (Fsp3) is 0. The third-order valence-corrected chi connectivity index (χ3v) is 5.25. The zero-order valence-corrected chi connectivity index (χ0v) is 14.3. The lowest BCUT2D eigenvalue weighted by molar-refractivity contribution is 1.52. The van der Waals surface area contributed by atoms with Gasteiger partial charge in [-0.25, -0.2) is 0 Å². The quantitative estimate of drug-likeness (QED) is 0.277. The van der Waals surface area contributed by atoms with Crippen LogP contribution in [0.25, 0.3) is 44.5 Å². The topological polar surface area (TPSA) is 0 Å². The molecule has 0 unspecified atom stereocenters. The van der Waals surface area contributed by atoms with E-state index in [-0.39, 0.29) is 0 Å². The molecule has 0 nitrogen and oxygen atoms in total. The lowest BCUT2D eigenvalue weighted by atomic mass is 9.81. The van der Waals surface area contributed by atoms with Crippen LogP contribution in [0.5, 0.6) is 0 Å². The van der Waals surface area contributed by atoms with E-state index in [1.54, 1.807) is 0 Å². The van der Waals surface area contributed by atoms with Gasteiger partial charge in [0.2, 0.25) is 0 Å². The first-order valence-corrected chi connectivity index (χ1v) is 8.79. The number of fused-ring (bicyclic) bond motifs is 8. The van der Waals surface area contributed by atoms with E-state index in [0.717, 1.165) is 10.6 Å². The van der Waals surface area contributed by atoms with Crippen molar-refractivity contribution in [3.05, 3.63) is 96.0 Å². The summed E-state index contributed by atoms with van der Waals surface area (Å²) in [5.74, 6) is 0. The van der Waals surface area contributed by atoms with Crippen molar-refractivity contribution in [2.45, 2.75) is 0 Å². The molecule has 0 heterocycles. The summed E-state index contributed by atoms with van der Waals surface area (Å²) in [5, 5.41) is 0.791. The number of hydrogen-bond acceptors (Lipinski definition) is 0. The van der Waals surface area contributed by atoms with E-state index in [9.17, 15) is 0 Å². The predicted molar refractivity (Wildman–Crippen MR) is 107 cm³/mol. The third-order valence-electron chi connectivity index (χ3n) is 4.93. The van der Waals surface area contributed by atoms with Crippen molar-refractivity contribution in [2.75, 3.05) is 0 Å². The highest BCUT2D eigenvalue weighted by atomic mass is 35.5. The number of rotatable bonds is 0. The zero-order valence-electron chi connectivity index (χ0n) is 13.5. The maximum Gasteiger partial charge on any atom is 0.0490 e. The van der Waals surface area contributed by atoms with Crippen LogP contribution in [0.15, 0.2) is 91.0 Å². The minimum Gasteiger partial charge on any atom is -0.0836 e. The average molecular weight is 339 g/mol. The Hall–Kier alpha value is -2.83. The van der Waals surface area contributed by atoms with Gasteiger partial charge in [0, 0.05) is 10.6 Å². The summed E-state index contributed by atoms with van der Waals surface area (Å²) in [4.78, 5) is 0. The van der Waals surface area contributed by atoms with E-state index in [2.05, 4.69) is 78.9 Å². The van der Waals surface area contributed by atoms with Gasteiger partial charge in [-0.2, -0.15) is 0 Å². The molecule has 0 aliphatic heterocycles. The van der Waals surface area contributed by atoms with E-state index in [4.69, 9.17) is 11.6 Å². The monoisotopic (exact) mass is 338 g/mol. The van der Waals surface area contributed by atoms with Gasteiger partial charge in [-0.1, -0.05) is 96.5 Å². The van der Waals surface area contributed by atoms with Crippen LogP contribution in [0.3, 0.4) is 0 Å². The molecule has 0 N–H and O–H groups in total. The molecular weight excluding hydrogens is 324 g/mol. The summed E-state index contributed by atoms with van der Waals surface area (Å²) in [7, 11) is 0. The van der Waals surface area contributed by atoms with Crippen LogP contribution in [-0.4, -0.2) is 0 Å². The fourth-order valence-corrected chi connectivity index (χ4v) is 4.14. The fourth-order valence-electron chi connectivity index (χ4n) is 3.86. The minimum atomic E-state index is 0.791. The molecule has 1 aliphatic carbocycles. The van der Waals surface area contributed by atoms with Crippen LogP contribution in [-0.2, 0) is 0 Å². The lowest BCUT2D eigenvalue weighted by Gasteiger charge is -2.23. The minimum absolute atomic E-state index is 0.791. The first kappa shape index (κ1) is 14.5. The first-order valence-electron chi connectivity index (χ1n) is 8.42. The molecule has 0 spiro atoms. The van der Waals surface area contributed by atoms with Crippen LogP contribution < -0.4 is 0 Å². The summed E-state index contributed by atoms with van der Waals surface area (Å²) in [6.07, 6.45) is 0. The Labute approximate surface area is 152 Å². The van der Waals surface area contributed by atoms with E-state index < -0.39 is 0 Å². The van der Waals surface area contributed by atoms with Crippen molar-refractivity contribution in [1.29, 1.82) is 0 Å². The molecule has 5 rings (SSSR count). The molecule has 1 heteroatoms. The Morgan fingerprint density at radius 3 is 1.24 bits per heavy atom. The smallest absolute Gasteiger partial charge is 0.0490 e. The molecule has 25 heavy (non-hydrogen) atoms. The largest absolute Gasteiger partial charge is 0.0836 e. The Kier molecular flexibility index (Phi) is 3.26. The molecule has 0 aromatic heterocycles. The van der Waals surface area contributed by atoms with Crippen LogP contribution in [0, 0.1) is 0 Å². The molecular formula is C24H15Cl. The normalized spacial score (nSPS) is 11.4. The van der Waals surface area contributed by atoms with E-state index in [0.29, 0.717) is 0 Å². The van der Waals surface area contributed by atoms with Crippen molar-refractivity contribution in [1.82, 2.24) is 0 Å². The standard InChI is InChI=1S/C24H15Cl/c25-23-15-7-14-22-20-11-4-3-10-18(20)16-8-1-2-9-17(16)19-12-5-6-13-21(19)24(22)23/h1-15H. The highest BCUT2D eigenvalue weighted by molar-refractivity contribution is 6.34. The van der Waals surface area contributed by atoms with Gasteiger partial charge in [-0.3, -0.25) is 0 Å². The van der Waals surface area contributed by atoms with Gasteiger partial charge < -0.3 is 0 Å². The second kappa shape index (κ2) is 5.61. The summed E-state index contributed by atoms with van der Waals surface area (Å²) < 4.78 is 0. The Morgan fingerprint density at radius 1 is 0.360 bits per heavy atom. The maximum atomic E-state index is 6.69. The maximum absolute atomic E-state index is 6.69. The second-order valence-corrected chi connectivity index (χ2v) is 6.71. The zero-order chi connectivity index (χ0) is 16.8. The van der Waals surface area contributed by atoms with Gasteiger partial charge in [-0.15, -0.1) is 0 Å². The van der Waals surface area contributed by atoms with Crippen molar-refractivity contribution in [2.24, 2.45) is 0 Å². The first-order chi connectivity index (χ1) is 12.3. The lowest BCUT2D eigenvalue weighted by Crippen LogP contribution is -1.97. The van der Waals surface area contributed by atoms with Gasteiger partial charge in [-0.05, 0) is 45.0 Å². The molecule has 0 saturated carbocycles. The van der Waals surface area contributed by atoms with Gasteiger partial charge in [0.25, 0.3) is 0 Å². The van der Waals surface area contributed by atoms with Crippen LogP contribution >= 0.6 is 11.6 Å². The van der Waals surface area contributed by atoms with E-state index in [1.807, 2.05) is 12.1 Å². The van der Waals surface area contributed by atoms with Crippen LogP contribution in [0.4, 0.5) is 0 Å². The van der Waals surface area contributed by atoms with Crippen LogP contribution in [0.1, 0.15) is 0 Å². The highest BCUT2D eigenvalue weighted by Crippen LogP contribution is 2.49. The Morgan fingerprint density at radius 2 is 0.720 bits per heavy atom. The average Bonchev–Trinajstić information content (AvgIpc) is 2.67. The van der Waals surface area contributed by atoms with Crippen molar-refractivity contribution in [3.63, 3.8) is 0 Å². The molecule has 0 saturated heterocycles. The summed E-state index contributed by atoms with van der Waals surface area (Å²) in [6.45, 7) is 0. The Balaban J connectivity index is 2.03. The molecule has 4 aromatic rings. The summed E-state index contributed by atoms with van der Waals surface area (Å²) in [5.41, 5.74) is 9.68. The van der Waals surface area contributed by atoms with Gasteiger partial charge >= 0.3 is 0 Å². The second-order valence-electron chi connectivity index (χ2n) is 6.30. The number of benzene rings is 4. The Bertz CT molecular complexity index is 1100. The van der Waals surface area contributed by atoms with Crippen molar-refractivity contribution in [3.8, 4) is 44.5 Å². The van der Waals surface area contributed by atoms with Crippen molar-refractivity contribution < 1.29 is 0 Å². The highest BCUT2D eigenvalue weighted by Gasteiger charge is 2.22. The number of hydrogen-bond donors (Lipinski definition) is 0. The summed E-state index contributed by atoms with van der Waals surface area (Å²) >= 11 is 6.69. The number of halogens is 1. The van der Waals surface area contributed by atoms with Gasteiger partial charge in [0.15, 0.2) is 0 Å². The molecule has 1 aliphatic rings. The molecule has 0 bridgehead atoms. The predicted octanol–water partition coefficient (Wildman–Crippen LogP) is 7.32. The van der Waals surface area contributed by atoms with Crippen LogP contribution in [0.2, 0.25) is 5.02 Å². The molecule has 118 valence electrons. The van der Waals surface area contributed by atoms with E-state index in [1.165, 1.54) is 38.9 Å². The summed E-state index contributed by atoms with van der Waals surface area (Å²) in [6, 6.07) is 31.9. The molecule has 0 fully saturated rings. The molecule has 0 atom stereocenters. The molecule has 0 radical (unpaired) electrons. The molecule has 4 aromatic carbocycles. The SMILES string of the molecule is Clc1cccc2c1-c1ccccc1-c1ccccc1-c1ccccc1-2. The van der Waals surface area contributed by atoms with Crippen molar-refractivity contribution >= 4 is 11.6 Å². The molecule has 0 amide bonds. The van der Waals surface area contributed by atoms with Gasteiger partial charge in [0.05, 0.1) is 0 Å². The van der Waals surface area contributed by atoms with E-state index >= 15 is 0 Å².